The van der Waals surface area contributed by atoms with E-state index in [1.54, 1.807) is 0 Å². The van der Waals surface area contributed by atoms with Crippen molar-refractivity contribution < 1.29 is 4.79 Å². The largest absolute Gasteiger partial charge is 0.368 e. The molecule has 0 fully saturated rings. The summed E-state index contributed by atoms with van der Waals surface area (Å²) in [4.78, 5) is 14.1. The van der Waals surface area contributed by atoms with E-state index >= 15 is 0 Å². The van der Waals surface area contributed by atoms with Crippen LogP contribution in [0.25, 0.3) is 0 Å². The van der Waals surface area contributed by atoms with Crippen molar-refractivity contribution in [3.8, 4) is 0 Å². The van der Waals surface area contributed by atoms with Gasteiger partial charge in [-0.05, 0) is 45.8 Å². The fraction of sp³-hybridized carbons (Fsp3) is 0.933. The van der Waals surface area contributed by atoms with Crippen LogP contribution in [-0.4, -0.2) is 42.5 Å². The van der Waals surface area contributed by atoms with Gasteiger partial charge in [-0.1, -0.05) is 33.6 Å². The van der Waals surface area contributed by atoms with E-state index in [1.807, 2.05) is 13.8 Å². The zero-order valence-electron chi connectivity index (χ0n) is 13.3. The smallest absolute Gasteiger partial charge is 0.237 e. The Balaban J connectivity index is 4.35. The molecule has 0 aromatic rings. The Morgan fingerprint density at radius 2 is 1.63 bits per heavy atom. The van der Waals surface area contributed by atoms with Crippen LogP contribution in [0.1, 0.15) is 59.8 Å². The number of carbonyl (C=O) groups excluding carboxylic acids is 1. The van der Waals surface area contributed by atoms with Crippen molar-refractivity contribution in [3.05, 3.63) is 0 Å². The van der Waals surface area contributed by atoms with E-state index in [4.69, 9.17) is 5.73 Å². The predicted molar refractivity (Wildman–Crippen MR) is 82.1 cm³/mol. The molecule has 0 aliphatic heterocycles. The van der Waals surface area contributed by atoms with E-state index in [9.17, 15) is 4.79 Å². The van der Waals surface area contributed by atoms with Crippen molar-refractivity contribution in [3.63, 3.8) is 0 Å². The minimum atomic E-state index is -0.578. The van der Waals surface area contributed by atoms with E-state index in [1.165, 1.54) is 25.7 Å². The van der Waals surface area contributed by atoms with Crippen molar-refractivity contribution in [1.29, 1.82) is 0 Å². The second-order valence-corrected chi connectivity index (χ2v) is 5.53. The number of nitrogens with two attached hydrogens (primary N) is 1. The Kier molecular flexibility index (Phi) is 9.88. The lowest BCUT2D eigenvalue weighted by atomic mass is 9.96. The third-order valence-corrected chi connectivity index (χ3v) is 3.69. The summed E-state index contributed by atoms with van der Waals surface area (Å²) in [6.07, 6.45) is 5.64. The number of hydrogen-bond acceptors (Lipinski definition) is 3. The van der Waals surface area contributed by atoms with Gasteiger partial charge in [0.05, 0.1) is 5.54 Å². The Morgan fingerprint density at radius 3 is 2.00 bits per heavy atom. The molecule has 0 rings (SSSR count). The molecule has 1 unspecified atom stereocenters. The highest BCUT2D eigenvalue weighted by molar-refractivity contribution is 5.84. The monoisotopic (exact) mass is 271 g/mol. The van der Waals surface area contributed by atoms with Crippen molar-refractivity contribution in [2.45, 2.75) is 65.3 Å². The van der Waals surface area contributed by atoms with Crippen molar-refractivity contribution in [2.75, 3.05) is 26.2 Å². The second-order valence-electron chi connectivity index (χ2n) is 5.53. The van der Waals surface area contributed by atoms with Gasteiger partial charge in [0, 0.05) is 6.54 Å². The Bertz CT molecular complexity index is 238. The Hall–Kier alpha value is -0.610. The zero-order chi connectivity index (χ0) is 14.7. The minimum Gasteiger partial charge on any atom is -0.368 e. The van der Waals surface area contributed by atoms with Crippen LogP contribution in [0.4, 0.5) is 0 Å². The Labute approximate surface area is 119 Å². The summed E-state index contributed by atoms with van der Waals surface area (Å²) >= 11 is 0. The quantitative estimate of drug-likeness (QED) is 0.572. The number of nitrogens with one attached hydrogen (secondary N) is 1. The number of amides is 1. The molecule has 0 saturated heterocycles. The lowest BCUT2D eigenvalue weighted by molar-refractivity contribution is -0.124. The molecule has 3 N–H and O–H groups in total. The molecule has 1 amide bonds. The number of hydrogen-bond donors (Lipinski definition) is 2. The third kappa shape index (κ3) is 7.53. The summed E-state index contributed by atoms with van der Waals surface area (Å²) in [5.74, 6) is -0.250. The molecule has 0 saturated carbocycles. The van der Waals surface area contributed by atoms with Gasteiger partial charge < -0.3 is 16.0 Å². The third-order valence-electron chi connectivity index (χ3n) is 3.69. The van der Waals surface area contributed by atoms with Gasteiger partial charge in [0.1, 0.15) is 0 Å². The fourth-order valence-electron chi connectivity index (χ4n) is 2.17. The first-order chi connectivity index (χ1) is 9.00. The highest BCUT2D eigenvalue weighted by Crippen LogP contribution is 2.11. The molecule has 1 atom stereocenters. The van der Waals surface area contributed by atoms with Gasteiger partial charge in [-0.2, -0.15) is 0 Å². The topological polar surface area (TPSA) is 58.4 Å². The molecule has 4 nitrogen and oxygen atoms in total. The number of primary amides is 1. The number of rotatable bonds is 12. The second kappa shape index (κ2) is 10.2. The van der Waals surface area contributed by atoms with Gasteiger partial charge >= 0.3 is 0 Å². The number of likely N-dealkylation sites (N-methyl/N-ethyl adjacent to an activating group) is 1. The van der Waals surface area contributed by atoms with Crippen LogP contribution in [0.3, 0.4) is 0 Å². The molecule has 0 aliphatic rings. The molecular weight excluding hydrogens is 238 g/mol. The lowest BCUT2D eigenvalue weighted by Crippen LogP contribution is -2.54. The summed E-state index contributed by atoms with van der Waals surface area (Å²) in [5.41, 5.74) is 4.95. The van der Waals surface area contributed by atoms with Gasteiger partial charge in [0.2, 0.25) is 5.91 Å². The van der Waals surface area contributed by atoms with Crippen LogP contribution in [0, 0.1) is 0 Å². The van der Waals surface area contributed by atoms with Crippen LogP contribution < -0.4 is 11.1 Å². The summed E-state index contributed by atoms with van der Waals surface area (Å²) in [7, 11) is 0. The zero-order valence-corrected chi connectivity index (χ0v) is 13.3. The first kappa shape index (κ1) is 18.4. The predicted octanol–water partition coefficient (Wildman–Crippen LogP) is 2.13. The number of unbranched alkanes of at least 4 members (excludes halogenated alkanes) is 2. The molecule has 0 bridgehead atoms. The molecule has 0 aromatic carbocycles. The highest BCUT2D eigenvalue weighted by atomic mass is 16.1. The Morgan fingerprint density at radius 1 is 1.11 bits per heavy atom. The number of carbonyl (C=O) groups is 1. The van der Waals surface area contributed by atoms with Crippen LogP contribution >= 0.6 is 0 Å². The van der Waals surface area contributed by atoms with Crippen molar-refractivity contribution in [2.24, 2.45) is 5.73 Å². The molecule has 0 aromatic heterocycles. The summed E-state index contributed by atoms with van der Waals surface area (Å²) in [6, 6.07) is 0. The normalized spacial score (nSPS) is 14.6. The molecule has 0 heterocycles. The maximum Gasteiger partial charge on any atom is 0.237 e. The van der Waals surface area contributed by atoms with Gasteiger partial charge in [-0.25, -0.2) is 0 Å². The van der Waals surface area contributed by atoms with E-state index in [2.05, 4.69) is 24.1 Å². The molecule has 4 heteroatoms. The molecular formula is C15H33N3O. The van der Waals surface area contributed by atoms with Crippen LogP contribution in [-0.2, 0) is 4.79 Å². The van der Waals surface area contributed by atoms with E-state index in [0.29, 0.717) is 0 Å². The SMILES string of the molecule is CCCCN(CCCC)CCC(C)(NCC)C(N)=O. The standard InChI is InChI=1S/C15H33N3O/c1-5-8-11-18(12-9-6-2)13-10-15(4,14(16)19)17-7-3/h17H,5-13H2,1-4H3,(H2,16,19). The molecule has 19 heavy (non-hydrogen) atoms. The summed E-state index contributed by atoms with van der Waals surface area (Å²) in [5, 5.41) is 3.22. The molecule has 0 aliphatic carbocycles. The average molecular weight is 271 g/mol. The summed E-state index contributed by atoms with van der Waals surface area (Å²) in [6.45, 7) is 12.3. The summed E-state index contributed by atoms with van der Waals surface area (Å²) < 4.78 is 0. The highest BCUT2D eigenvalue weighted by Gasteiger charge is 2.29. The van der Waals surface area contributed by atoms with E-state index < -0.39 is 5.54 Å². The first-order valence-corrected chi connectivity index (χ1v) is 7.77. The van der Waals surface area contributed by atoms with Gasteiger partial charge in [0.25, 0.3) is 0 Å². The van der Waals surface area contributed by atoms with Crippen LogP contribution in [0.15, 0.2) is 0 Å². The molecule has 0 spiro atoms. The fourth-order valence-corrected chi connectivity index (χ4v) is 2.17. The molecule has 114 valence electrons. The van der Waals surface area contributed by atoms with Gasteiger partial charge in [-0.3, -0.25) is 4.79 Å². The van der Waals surface area contributed by atoms with Crippen molar-refractivity contribution >= 4 is 5.91 Å². The van der Waals surface area contributed by atoms with Crippen LogP contribution in [0.5, 0.6) is 0 Å². The van der Waals surface area contributed by atoms with Gasteiger partial charge in [0.15, 0.2) is 0 Å². The van der Waals surface area contributed by atoms with Crippen LogP contribution in [0.2, 0.25) is 0 Å². The first-order valence-electron chi connectivity index (χ1n) is 7.77. The maximum atomic E-state index is 11.6. The maximum absolute atomic E-state index is 11.6. The lowest BCUT2D eigenvalue weighted by Gasteiger charge is -2.30. The number of nitrogens with zero attached hydrogens (tertiary/aromatic N) is 1. The van der Waals surface area contributed by atoms with Crippen molar-refractivity contribution in [1.82, 2.24) is 10.2 Å². The minimum absolute atomic E-state index is 0.250. The molecule has 0 radical (unpaired) electrons. The van der Waals surface area contributed by atoms with E-state index in [-0.39, 0.29) is 5.91 Å². The van der Waals surface area contributed by atoms with Gasteiger partial charge in [-0.15, -0.1) is 0 Å². The average Bonchev–Trinajstić information content (AvgIpc) is 2.38. The van der Waals surface area contributed by atoms with E-state index in [0.717, 1.165) is 32.6 Å².